The van der Waals surface area contributed by atoms with Crippen LogP contribution in [0.1, 0.15) is 25.7 Å². The zero-order chi connectivity index (χ0) is 13.0. The highest BCUT2D eigenvalue weighted by atomic mass is 16.5. The molecular formula is C15H24N2O. The summed E-state index contributed by atoms with van der Waals surface area (Å²) in [5.41, 5.74) is 1.18. The maximum Gasteiger partial charge on any atom is 0.121 e. The summed E-state index contributed by atoms with van der Waals surface area (Å²) in [6.45, 7) is 0. The second kappa shape index (κ2) is 6.10. The van der Waals surface area contributed by atoms with Crippen LogP contribution in [0.4, 0.5) is 5.69 Å². The fraction of sp³-hybridized carbons (Fsp3) is 0.600. The minimum Gasteiger partial charge on any atom is -0.489 e. The Kier molecular flexibility index (Phi) is 4.48. The fourth-order valence-electron chi connectivity index (χ4n) is 2.58. The molecule has 0 heterocycles. The van der Waals surface area contributed by atoms with Crippen LogP contribution in [-0.2, 0) is 0 Å². The van der Waals surface area contributed by atoms with Gasteiger partial charge in [-0.1, -0.05) is 12.5 Å². The summed E-state index contributed by atoms with van der Waals surface area (Å²) < 4.78 is 6.16. The molecule has 1 N–H and O–H groups in total. The van der Waals surface area contributed by atoms with Crippen molar-refractivity contribution in [3.63, 3.8) is 0 Å². The molecule has 100 valence electrons. The van der Waals surface area contributed by atoms with E-state index >= 15 is 0 Å². The highest BCUT2D eigenvalue weighted by Crippen LogP contribution is 2.26. The number of rotatable bonds is 4. The molecule has 1 saturated carbocycles. The number of anilines is 1. The van der Waals surface area contributed by atoms with Gasteiger partial charge in [0.15, 0.2) is 0 Å². The molecule has 2 unspecified atom stereocenters. The van der Waals surface area contributed by atoms with E-state index in [4.69, 9.17) is 4.74 Å². The van der Waals surface area contributed by atoms with Crippen molar-refractivity contribution in [2.24, 2.45) is 0 Å². The lowest BCUT2D eigenvalue weighted by Crippen LogP contribution is -2.43. The van der Waals surface area contributed by atoms with E-state index in [1.807, 2.05) is 13.1 Å². The van der Waals surface area contributed by atoms with Gasteiger partial charge < -0.3 is 15.0 Å². The van der Waals surface area contributed by atoms with Gasteiger partial charge in [-0.3, -0.25) is 0 Å². The largest absolute Gasteiger partial charge is 0.489 e. The summed E-state index contributed by atoms with van der Waals surface area (Å²) in [5, 5.41) is 3.38. The number of benzene rings is 1. The number of hydrogen-bond acceptors (Lipinski definition) is 3. The van der Waals surface area contributed by atoms with Crippen molar-refractivity contribution in [2.75, 3.05) is 26.0 Å². The zero-order valence-corrected chi connectivity index (χ0v) is 11.6. The van der Waals surface area contributed by atoms with Gasteiger partial charge in [0.1, 0.15) is 11.9 Å². The van der Waals surface area contributed by atoms with Gasteiger partial charge in [0.25, 0.3) is 0 Å². The average Bonchev–Trinajstić information content (AvgIpc) is 2.39. The third kappa shape index (κ3) is 3.16. The van der Waals surface area contributed by atoms with E-state index in [1.165, 1.54) is 24.9 Å². The molecule has 1 aromatic rings. The van der Waals surface area contributed by atoms with Crippen molar-refractivity contribution in [1.29, 1.82) is 0 Å². The van der Waals surface area contributed by atoms with Gasteiger partial charge in [-0.2, -0.15) is 0 Å². The predicted octanol–water partition coefficient (Wildman–Crippen LogP) is 2.66. The molecule has 0 aliphatic heterocycles. The minimum absolute atomic E-state index is 0.307. The summed E-state index contributed by atoms with van der Waals surface area (Å²) >= 11 is 0. The smallest absolute Gasteiger partial charge is 0.121 e. The van der Waals surface area contributed by atoms with Crippen molar-refractivity contribution in [2.45, 2.75) is 37.8 Å². The molecule has 1 aliphatic rings. The Bertz CT molecular complexity index is 379. The molecule has 0 saturated heterocycles. The van der Waals surface area contributed by atoms with Crippen LogP contribution in [0, 0.1) is 0 Å². The van der Waals surface area contributed by atoms with Crippen molar-refractivity contribution in [3.8, 4) is 5.75 Å². The molecule has 0 radical (unpaired) electrons. The lowest BCUT2D eigenvalue weighted by molar-refractivity contribution is 0.118. The second-order valence-electron chi connectivity index (χ2n) is 5.23. The highest BCUT2D eigenvalue weighted by Gasteiger charge is 2.25. The summed E-state index contributed by atoms with van der Waals surface area (Å²) in [6, 6.07) is 8.81. The summed E-state index contributed by atoms with van der Waals surface area (Å²) in [7, 11) is 6.13. The van der Waals surface area contributed by atoms with Crippen LogP contribution < -0.4 is 15.0 Å². The van der Waals surface area contributed by atoms with Gasteiger partial charge in [-0.15, -0.1) is 0 Å². The molecule has 2 atom stereocenters. The molecule has 0 spiro atoms. The average molecular weight is 248 g/mol. The van der Waals surface area contributed by atoms with E-state index in [0.717, 1.165) is 12.2 Å². The van der Waals surface area contributed by atoms with Crippen LogP contribution in [-0.4, -0.2) is 33.3 Å². The molecule has 1 aliphatic carbocycles. The van der Waals surface area contributed by atoms with E-state index in [2.05, 4.69) is 42.5 Å². The molecule has 1 aromatic carbocycles. The first-order chi connectivity index (χ1) is 8.70. The Morgan fingerprint density at radius 2 is 2.00 bits per heavy atom. The topological polar surface area (TPSA) is 24.5 Å². The summed E-state index contributed by atoms with van der Waals surface area (Å²) in [6.07, 6.45) is 5.26. The van der Waals surface area contributed by atoms with Crippen LogP contribution in [0.15, 0.2) is 24.3 Å². The van der Waals surface area contributed by atoms with E-state index in [-0.39, 0.29) is 0 Å². The first-order valence-electron chi connectivity index (χ1n) is 6.82. The second-order valence-corrected chi connectivity index (χ2v) is 5.23. The van der Waals surface area contributed by atoms with Crippen LogP contribution in [0.2, 0.25) is 0 Å². The number of hydrogen-bond donors (Lipinski definition) is 1. The number of likely N-dealkylation sites (N-methyl/N-ethyl adjacent to an activating group) is 1. The number of nitrogens with zero attached hydrogens (tertiary/aromatic N) is 1. The van der Waals surface area contributed by atoms with Gasteiger partial charge >= 0.3 is 0 Å². The Balaban J connectivity index is 2.05. The molecule has 18 heavy (non-hydrogen) atoms. The van der Waals surface area contributed by atoms with E-state index in [0.29, 0.717) is 12.1 Å². The summed E-state index contributed by atoms with van der Waals surface area (Å²) in [5.74, 6) is 0.980. The van der Waals surface area contributed by atoms with Crippen molar-refractivity contribution < 1.29 is 4.74 Å². The van der Waals surface area contributed by atoms with Crippen molar-refractivity contribution >= 4 is 5.69 Å². The van der Waals surface area contributed by atoms with Gasteiger partial charge in [-0.05, 0) is 38.4 Å². The fourth-order valence-corrected chi connectivity index (χ4v) is 2.58. The minimum atomic E-state index is 0.307. The van der Waals surface area contributed by atoms with Crippen LogP contribution in [0.25, 0.3) is 0 Å². The quantitative estimate of drug-likeness (QED) is 0.886. The van der Waals surface area contributed by atoms with Crippen LogP contribution >= 0.6 is 0 Å². The number of nitrogens with one attached hydrogen (secondary N) is 1. The Morgan fingerprint density at radius 1 is 1.22 bits per heavy atom. The first-order valence-corrected chi connectivity index (χ1v) is 6.82. The normalized spacial score (nSPS) is 23.7. The molecule has 1 fully saturated rings. The molecule has 3 heteroatoms. The van der Waals surface area contributed by atoms with Crippen LogP contribution in [0.3, 0.4) is 0 Å². The highest BCUT2D eigenvalue weighted by molar-refractivity contribution is 5.49. The molecule has 0 aromatic heterocycles. The SMILES string of the molecule is CNC1CCCCC1Oc1cccc(N(C)C)c1. The monoisotopic (exact) mass is 248 g/mol. The Labute approximate surface area is 110 Å². The third-order valence-corrected chi connectivity index (χ3v) is 3.69. The first kappa shape index (κ1) is 13.2. The van der Waals surface area contributed by atoms with Gasteiger partial charge in [0, 0.05) is 31.9 Å². The molecule has 0 amide bonds. The molecule has 2 rings (SSSR count). The lowest BCUT2D eigenvalue weighted by Gasteiger charge is -2.31. The predicted molar refractivity (Wildman–Crippen MR) is 76.5 cm³/mol. The molecular weight excluding hydrogens is 224 g/mol. The molecule has 3 nitrogen and oxygen atoms in total. The third-order valence-electron chi connectivity index (χ3n) is 3.69. The standard InChI is InChI=1S/C15H24N2O/c1-16-14-9-4-5-10-15(14)18-13-8-6-7-12(11-13)17(2)3/h6-8,11,14-16H,4-5,9-10H2,1-3H3. The Hall–Kier alpha value is -1.22. The van der Waals surface area contributed by atoms with E-state index in [9.17, 15) is 0 Å². The summed E-state index contributed by atoms with van der Waals surface area (Å²) in [4.78, 5) is 2.10. The van der Waals surface area contributed by atoms with Crippen LogP contribution in [0.5, 0.6) is 5.75 Å². The van der Waals surface area contributed by atoms with Gasteiger partial charge in [0.05, 0.1) is 0 Å². The Morgan fingerprint density at radius 3 is 2.72 bits per heavy atom. The lowest BCUT2D eigenvalue weighted by atomic mass is 9.92. The van der Waals surface area contributed by atoms with Gasteiger partial charge in [-0.25, -0.2) is 0 Å². The van der Waals surface area contributed by atoms with Crippen molar-refractivity contribution in [3.05, 3.63) is 24.3 Å². The number of ether oxygens (including phenoxy) is 1. The molecule has 0 bridgehead atoms. The van der Waals surface area contributed by atoms with E-state index < -0.39 is 0 Å². The van der Waals surface area contributed by atoms with E-state index in [1.54, 1.807) is 0 Å². The zero-order valence-electron chi connectivity index (χ0n) is 11.6. The maximum absolute atomic E-state index is 6.16. The maximum atomic E-state index is 6.16. The van der Waals surface area contributed by atoms with Gasteiger partial charge in [0.2, 0.25) is 0 Å². The van der Waals surface area contributed by atoms with Crippen molar-refractivity contribution in [1.82, 2.24) is 5.32 Å².